The van der Waals surface area contributed by atoms with E-state index < -0.39 is 30.8 Å². The van der Waals surface area contributed by atoms with Crippen LogP contribution in [0.5, 0.6) is 0 Å². The van der Waals surface area contributed by atoms with Crippen molar-refractivity contribution in [3.05, 3.63) is 10.4 Å². The molecule has 0 atom stereocenters. The zero-order chi connectivity index (χ0) is 15.4. The zero-order valence-corrected chi connectivity index (χ0v) is 11.0. The van der Waals surface area contributed by atoms with Gasteiger partial charge in [-0.2, -0.15) is 0 Å². The van der Waals surface area contributed by atoms with E-state index in [0.717, 1.165) is 0 Å². The Morgan fingerprint density at radius 1 is 1.10 bits per heavy atom. The van der Waals surface area contributed by atoms with Crippen molar-refractivity contribution < 1.29 is 24.6 Å². The van der Waals surface area contributed by atoms with Crippen LogP contribution >= 0.6 is 0 Å². The monoisotopic (exact) mass is 286 g/mol. The largest absolute Gasteiger partial charge is 0.481 e. The number of unbranched alkanes of at least 4 members (excludes halogenated alkanes) is 2. The number of rotatable bonds is 11. The van der Waals surface area contributed by atoms with Gasteiger partial charge < -0.3 is 15.5 Å². The molecule has 0 aliphatic rings. The van der Waals surface area contributed by atoms with Gasteiger partial charge in [0.1, 0.15) is 0 Å². The lowest BCUT2D eigenvalue weighted by molar-refractivity contribution is -0.139. The molecule has 20 heavy (non-hydrogen) atoms. The van der Waals surface area contributed by atoms with E-state index in [9.17, 15) is 14.4 Å². The summed E-state index contributed by atoms with van der Waals surface area (Å²) in [6.07, 6.45) is 1.29. The molecule has 0 spiro atoms. The third-order valence-corrected chi connectivity index (χ3v) is 2.43. The SMILES string of the molecule is [N-]=[N+]=NCCCCCC(=O)NC(CC(=O)O)CC(=O)O. The molecule has 0 unspecified atom stereocenters. The predicted octanol–water partition coefficient (Wildman–Crippen LogP) is 1.29. The van der Waals surface area contributed by atoms with Crippen molar-refractivity contribution in [2.45, 2.75) is 44.6 Å². The van der Waals surface area contributed by atoms with Crippen LogP contribution in [0.3, 0.4) is 0 Å². The van der Waals surface area contributed by atoms with Crippen molar-refractivity contribution in [1.29, 1.82) is 0 Å². The summed E-state index contributed by atoms with van der Waals surface area (Å²) < 4.78 is 0. The van der Waals surface area contributed by atoms with Gasteiger partial charge in [0.2, 0.25) is 5.91 Å². The minimum atomic E-state index is -1.16. The Morgan fingerprint density at radius 2 is 1.70 bits per heavy atom. The summed E-state index contributed by atoms with van der Waals surface area (Å²) in [5.74, 6) is -2.70. The summed E-state index contributed by atoms with van der Waals surface area (Å²) in [6, 6.07) is -0.902. The maximum Gasteiger partial charge on any atom is 0.305 e. The van der Waals surface area contributed by atoms with Crippen LogP contribution in [0, 0.1) is 0 Å². The summed E-state index contributed by atoms with van der Waals surface area (Å²) in [4.78, 5) is 35.2. The van der Waals surface area contributed by atoms with E-state index in [1.54, 1.807) is 0 Å². The highest BCUT2D eigenvalue weighted by Crippen LogP contribution is 2.03. The van der Waals surface area contributed by atoms with Gasteiger partial charge in [0, 0.05) is 23.9 Å². The van der Waals surface area contributed by atoms with E-state index >= 15 is 0 Å². The van der Waals surface area contributed by atoms with Crippen LogP contribution in [0.15, 0.2) is 5.11 Å². The zero-order valence-electron chi connectivity index (χ0n) is 11.0. The lowest BCUT2D eigenvalue weighted by Gasteiger charge is -2.14. The topological polar surface area (TPSA) is 152 Å². The van der Waals surface area contributed by atoms with Crippen LogP contribution in [0.25, 0.3) is 10.4 Å². The predicted molar refractivity (Wildman–Crippen MR) is 68.9 cm³/mol. The normalized spacial score (nSPS) is 9.85. The van der Waals surface area contributed by atoms with Gasteiger partial charge in [0.05, 0.1) is 12.8 Å². The van der Waals surface area contributed by atoms with E-state index in [4.69, 9.17) is 15.7 Å². The van der Waals surface area contributed by atoms with Crippen LogP contribution in [0.2, 0.25) is 0 Å². The number of nitrogens with zero attached hydrogens (tertiary/aromatic N) is 3. The maximum atomic E-state index is 11.5. The molecular weight excluding hydrogens is 268 g/mol. The molecular formula is C11H18N4O5. The molecule has 0 bridgehead atoms. The third kappa shape index (κ3) is 10.8. The number of hydrogen-bond donors (Lipinski definition) is 3. The summed E-state index contributed by atoms with van der Waals surface area (Å²) in [5.41, 5.74) is 8.05. The number of carbonyl (C=O) groups is 3. The molecule has 3 N–H and O–H groups in total. The van der Waals surface area contributed by atoms with Gasteiger partial charge in [-0.1, -0.05) is 11.5 Å². The molecule has 1 amide bonds. The van der Waals surface area contributed by atoms with Crippen molar-refractivity contribution in [2.24, 2.45) is 5.11 Å². The molecule has 112 valence electrons. The van der Waals surface area contributed by atoms with E-state index in [-0.39, 0.29) is 12.3 Å². The second-order valence-corrected chi connectivity index (χ2v) is 4.23. The molecule has 9 nitrogen and oxygen atoms in total. The minimum Gasteiger partial charge on any atom is -0.481 e. The molecule has 0 saturated heterocycles. The molecule has 0 heterocycles. The van der Waals surface area contributed by atoms with Crippen LogP contribution in [-0.2, 0) is 14.4 Å². The molecule has 0 aromatic rings. The van der Waals surface area contributed by atoms with E-state index in [2.05, 4.69) is 15.3 Å². The fourth-order valence-corrected chi connectivity index (χ4v) is 1.59. The summed E-state index contributed by atoms with van der Waals surface area (Å²) in [7, 11) is 0. The first-order chi connectivity index (χ1) is 9.45. The summed E-state index contributed by atoms with van der Waals surface area (Å²) in [5, 5.41) is 23.0. The Balaban J connectivity index is 3.96. The van der Waals surface area contributed by atoms with Crippen LogP contribution in [0.1, 0.15) is 38.5 Å². The van der Waals surface area contributed by atoms with Crippen molar-refractivity contribution in [3.63, 3.8) is 0 Å². The second-order valence-electron chi connectivity index (χ2n) is 4.23. The minimum absolute atomic E-state index is 0.187. The summed E-state index contributed by atoms with van der Waals surface area (Å²) >= 11 is 0. The van der Waals surface area contributed by atoms with Gasteiger partial charge in [0.15, 0.2) is 0 Å². The van der Waals surface area contributed by atoms with Gasteiger partial charge in [0.25, 0.3) is 0 Å². The molecule has 9 heteroatoms. The Bertz CT molecular complexity index is 376. The van der Waals surface area contributed by atoms with Crippen LogP contribution < -0.4 is 5.32 Å². The van der Waals surface area contributed by atoms with E-state index in [0.29, 0.717) is 25.8 Å². The standard InChI is InChI=1S/C11H18N4O5/c12-15-13-5-3-1-2-4-9(16)14-8(6-10(17)18)7-11(19)20/h8H,1-7H2,(H,14,16)(H,17,18)(H,19,20). The Kier molecular flexibility index (Phi) is 9.41. The molecule has 0 saturated carbocycles. The smallest absolute Gasteiger partial charge is 0.305 e. The quantitative estimate of drug-likeness (QED) is 0.226. The van der Waals surface area contributed by atoms with Crippen molar-refractivity contribution >= 4 is 17.8 Å². The van der Waals surface area contributed by atoms with E-state index in [1.807, 2.05) is 0 Å². The average molecular weight is 286 g/mol. The van der Waals surface area contributed by atoms with Gasteiger partial charge in [-0.15, -0.1) is 0 Å². The number of carboxylic acid groups (broad SMARTS) is 2. The summed E-state index contributed by atoms with van der Waals surface area (Å²) in [6.45, 7) is 0.374. The number of carbonyl (C=O) groups excluding carboxylic acids is 1. The lowest BCUT2D eigenvalue weighted by atomic mass is 10.1. The number of azide groups is 1. The Labute approximate surface area is 115 Å². The maximum absolute atomic E-state index is 11.5. The van der Waals surface area contributed by atoms with Gasteiger partial charge in [-0.05, 0) is 18.4 Å². The first kappa shape index (κ1) is 17.7. The fraction of sp³-hybridized carbons (Fsp3) is 0.727. The van der Waals surface area contributed by atoms with Crippen molar-refractivity contribution in [2.75, 3.05) is 6.54 Å². The first-order valence-corrected chi connectivity index (χ1v) is 6.19. The Hall–Kier alpha value is -2.28. The van der Waals surface area contributed by atoms with E-state index in [1.165, 1.54) is 0 Å². The highest BCUT2D eigenvalue weighted by Gasteiger charge is 2.18. The molecule has 0 aromatic carbocycles. The molecule has 0 rings (SSSR count). The number of aliphatic carboxylic acids is 2. The number of amides is 1. The van der Waals surface area contributed by atoms with Gasteiger partial charge in [-0.3, -0.25) is 14.4 Å². The van der Waals surface area contributed by atoms with Crippen molar-refractivity contribution in [3.8, 4) is 0 Å². The lowest BCUT2D eigenvalue weighted by Crippen LogP contribution is -2.37. The molecule has 0 fully saturated rings. The molecule has 0 radical (unpaired) electrons. The van der Waals surface area contributed by atoms with Crippen LogP contribution in [0.4, 0.5) is 0 Å². The number of carboxylic acids is 2. The second kappa shape index (κ2) is 10.6. The van der Waals surface area contributed by atoms with Gasteiger partial charge in [-0.25, -0.2) is 0 Å². The number of hydrogen-bond acceptors (Lipinski definition) is 4. The highest BCUT2D eigenvalue weighted by atomic mass is 16.4. The number of nitrogens with one attached hydrogen (secondary N) is 1. The molecule has 0 aromatic heterocycles. The van der Waals surface area contributed by atoms with Crippen molar-refractivity contribution in [1.82, 2.24) is 5.32 Å². The molecule has 0 aliphatic carbocycles. The average Bonchev–Trinajstić information content (AvgIpc) is 2.31. The Morgan fingerprint density at radius 3 is 2.20 bits per heavy atom. The van der Waals surface area contributed by atoms with Crippen LogP contribution in [-0.4, -0.2) is 40.6 Å². The molecule has 0 aliphatic heterocycles. The fourth-order valence-electron chi connectivity index (χ4n) is 1.59. The highest BCUT2D eigenvalue weighted by molar-refractivity contribution is 5.79. The first-order valence-electron chi connectivity index (χ1n) is 6.19. The van der Waals surface area contributed by atoms with Gasteiger partial charge >= 0.3 is 11.9 Å². The third-order valence-electron chi connectivity index (χ3n) is 2.43.